The monoisotopic (exact) mass is 362 g/mol. The first-order valence-electron chi connectivity index (χ1n) is 9.00. The lowest BCUT2D eigenvalue weighted by molar-refractivity contribution is -0.124. The second kappa shape index (κ2) is 7.63. The number of rotatable bonds is 5. The quantitative estimate of drug-likeness (QED) is 0.758. The molecule has 6 nitrogen and oxygen atoms in total. The second-order valence-electron chi connectivity index (χ2n) is 6.58. The number of para-hydroxylation sites is 1. The van der Waals surface area contributed by atoms with Gasteiger partial charge >= 0.3 is 0 Å². The maximum absolute atomic E-state index is 11.7. The molecule has 6 heteroatoms. The third kappa shape index (κ3) is 3.85. The van der Waals surface area contributed by atoms with Gasteiger partial charge in [-0.2, -0.15) is 5.10 Å². The summed E-state index contributed by atoms with van der Waals surface area (Å²) in [6.45, 7) is 2.60. The highest BCUT2D eigenvalue weighted by molar-refractivity contribution is 5.78. The molecule has 1 amide bonds. The van der Waals surface area contributed by atoms with E-state index in [0.29, 0.717) is 19.6 Å². The first-order chi connectivity index (χ1) is 13.2. The van der Waals surface area contributed by atoms with Crippen molar-refractivity contribution in [1.29, 1.82) is 0 Å². The van der Waals surface area contributed by atoms with Crippen molar-refractivity contribution in [3.63, 3.8) is 0 Å². The first kappa shape index (κ1) is 17.3. The fourth-order valence-electron chi connectivity index (χ4n) is 3.32. The summed E-state index contributed by atoms with van der Waals surface area (Å²) in [6.07, 6.45) is 2.05. The number of carbonyl (C=O) groups excluding carboxylic acids is 1. The first-order valence-corrected chi connectivity index (χ1v) is 9.00. The highest BCUT2D eigenvalue weighted by Gasteiger charge is 2.20. The van der Waals surface area contributed by atoms with Crippen LogP contribution in [-0.2, 0) is 11.3 Å². The molecule has 1 N–H and O–H groups in total. The number of methoxy groups -OCH3 is 1. The van der Waals surface area contributed by atoms with Crippen molar-refractivity contribution >= 4 is 5.91 Å². The molecule has 0 radical (unpaired) electrons. The average molecular weight is 362 g/mol. The number of nitrogens with zero attached hydrogens (tertiary/aromatic N) is 3. The zero-order valence-electron chi connectivity index (χ0n) is 15.3. The van der Waals surface area contributed by atoms with Gasteiger partial charge in [0.15, 0.2) is 0 Å². The van der Waals surface area contributed by atoms with Gasteiger partial charge in [-0.25, -0.2) is 4.68 Å². The average Bonchev–Trinajstić information content (AvgIpc) is 3.12. The minimum Gasteiger partial charge on any atom is -0.497 e. The van der Waals surface area contributed by atoms with Crippen LogP contribution in [0.3, 0.4) is 0 Å². The molecule has 0 aliphatic carbocycles. The summed E-state index contributed by atoms with van der Waals surface area (Å²) in [5.41, 5.74) is 4.00. The maximum atomic E-state index is 11.7. The van der Waals surface area contributed by atoms with Gasteiger partial charge < -0.3 is 10.1 Å². The molecule has 2 heterocycles. The number of hydrogen-bond acceptors (Lipinski definition) is 4. The molecule has 1 saturated heterocycles. The zero-order valence-corrected chi connectivity index (χ0v) is 15.3. The minimum atomic E-state index is 0.0691. The van der Waals surface area contributed by atoms with Gasteiger partial charge in [0.1, 0.15) is 5.75 Å². The van der Waals surface area contributed by atoms with E-state index in [1.165, 1.54) is 0 Å². The van der Waals surface area contributed by atoms with Crippen molar-refractivity contribution in [3.8, 4) is 22.7 Å². The Morgan fingerprint density at radius 1 is 1.15 bits per heavy atom. The van der Waals surface area contributed by atoms with E-state index in [1.54, 1.807) is 7.11 Å². The predicted octanol–water partition coefficient (Wildman–Crippen LogP) is 2.48. The largest absolute Gasteiger partial charge is 0.497 e. The Balaban J connectivity index is 1.73. The van der Waals surface area contributed by atoms with Crippen LogP contribution in [0, 0.1) is 0 Å². The fourth-order valence-corrected chi connectivity index (χ4v) is 3.32. The third-order valence-electron chi connectivity index (χ3n) is 4.67. The van der Waals surface area contributed by atoms with Crippen molar-refractivity contribution in [3.05, 3.63) is 66.4 Å². The molecule has 1 aliphatic rings. The van der Waals surface area contributed by atoms with Gasteiger partial charge in [0.25, 0.3) is 0 Å². The number of nitrogens with one attached hydrogen (secondary N) is 1. The van der Waals surface area contributed by atoms with Crippen LogP contribution in [0.4, 0.5) is 0 Å². The molecule has 1 aromatic heterocycles. The summed E-state index contributed by atoms with van der Waals surface area (Å²) in [4.78, 5) is 13.9. The molecule has 1 aliphatic heterocycles. The van der Waals surface area contributed by atoms with Crippen LogP contribution in [0.15, 0.2) is 60.8 Å². The molecule has 0 unspecified atom stereocenters. The molecular formula is C21H22N4O2. The molecule has 2 aromatic carbocycles. The lowest BCUT2D eigenvalue weighted by Gasteiger charge is -2.26. The molecule has 3 aromatic rings. The summed E-state index contributed by atoms with van der Waals surface area (Å²) >= 11 is 0. The van der Waals surface area contributed by atoms with Gasteiger partial charge in [-0.05, 0) is 24.3 Å². The van der Waals surface area contributed by atoms with E-state index in [2.05, 4.69) is 16.4 Å². The zero-order chi connectivity index (χ0) is 18.6. The van der Waals surface area contributed by atoms with Crippen LogP contribution in [0.2, 0.25) is 0 Å². The van der Waals surface area contributed by atoms with Gasteiger partial charge in [-0.3, -0.25) is 9.69 Å². The Morgan fingerprint density at radius 3 is 2.78 bits per heavy atom. The van der Waals surface area contributed by atoms with Crippen LogP contribution >= 0.6 is 0 Å². The van der Waals surface area contributed by atoms with Crippen molar-refractivity contribution in [2.24, 2.45) is 0 Å². The molecule has 27 heavy (non-hydrogen) atoms. The molecule has 0 bridgehead atoms. The minimum absolute atomic E-state index is 0.0691. The fraction of sp³-hybridized carbons (Fsp3) is 0.238. The van der Waals surface area contributed by atoms with E-state index >= 15 is 0 Å². The lowest BCUT2D eigenvalue weighted by atomic mass is 10.1. The molecule has 0 saturated carbocycles. The lowest BCUT2D eigenvalue weighted by Crippen LogP contribution is -2.47. The summed E-state index contributed by atoms with van der Waals surface area (Å²) in [5, 5.41) is 7.72. The van der Waals surface area contributed by atoms with E-state index in [0.717, 1.165) is 34.8 Å². The van der Waals surface area contributed by atoms with Crippen molar-refractivity contribution in [1.82, 2.24) is 20.0 Å². The van der Waals surface area contributed by atoms with Crippen LogP contribution in [0.1, 0.15) is 5.56 Å². The summed E-state index contributed by atoms with van der Waals surface area (Å²) in [6, 6.07) is 18.0. The van der Waals surface area contributed by atoms with E-state index in [9.17, 15) is 4.79 Å². The normalized spacial score (nSPS) is 14.8. The van der Waals surface area contributed by atoms with Crippen LogP contribution in [0.25, 0.3) is 16.9 Å². The highest BCUT2D eigenvalue weighted by Crippen LogP contribution is 2.28. The van der Waals surface area contributed by atoms with Crippen molar-refractivity contribution < 1.29 is 9.53 Å². The molecule has 4 rings (SSSR count). The van der Waals surface area contributed by atoms with Gasteiger partial charge in [-0.1, -0.05) is 30.3 Å². The summed E-state index contributed by atoms with van der Waals surface area (Å²) in [5.74, 6) is 0.865. The topological polar surface area (TPSA) is 59.4 Å². The number of ether oxygens (including phenoxy) is 1. The Hall–Kier alpha value is -3.12. The van der Waals surface area contributed by atoms with Crippen molar-refractivity contribution in [2.45, 2.75) is 6.54 Å². The Kier molecular flexibility index (Phi) is 4.89. The van der Waals surface area contributed by atoms with Crippen LogP contribution < -0.4 is 10.1 Å². The van der Waals surface area contributed by atoms with Crippen molar-refractivity contribution in [2.75, 3.05) is 26.7 Å². The predicted molar refractivity (Wildman–Crippen MR) is 104 cm³/mol. The van der Waals surface area contributed by atoms with Gasteiger partial charge in [0, 0.05) is 37.0 Å². The maximum Gasteiger partial charge on any atom is 0.234 e. The number of hydrogen-bond donors (Lipinski definition) is 1. The van der Waals surface area contributed by atoms with Gasteiger partial charge in [0.2, 0.25) is 5.91 Å². The number of piperazine rings is 1. The number of aromatic nitrogens is 2. The second-order valence-corrected chi connectivity index (χ2v) is 6.58. The van der Waals surface area contributed by atoms with E-state index in [1.807, 2.05) is 59.3 Å². The van der Waals surface area contributed by atoms with E-state index in [-0.39, 0.29) is 5.91 Å². The Morgan fingerprint density at radius 2 is 2.00 bits per heavy atom. The molecule has 138 valence electrons. The molecule has 1 fully saturated rings. The Bertz CT molecular complexity index is 936. The van der Waals surface area contributed by atoms with E-state index in [4.69, 9.17) is 9.84 Å². The summed E-state index contributed by atoms with van der Waals surface area (Å²) in [7, 11) is 1.66. The van der Waals surface area contributed by atoms with Crippen LogP contribution in [-0.4, -0.2) is 47.3 Å². The molecule has 0 atom stereocenters. The van der Waals surface area contributed by atoms with Gasteiger partial charge in [0.05, 0.1) is 25.0 Å². The highest BCUT2D eigenvalue weighted by atomic mass is 16.5. The number of carbonyl (C=O) groups is 1. The molecular weight excluding hydrogens is 340 g/mol. The van der Waals surface area contributed by atoms with E-state index < -0.39 is 0 Å². The standard InChI is InChI=1S/C21H22N4O2/c1-27-19-9-5-6-16(12-19)21-17(13-24-11-10-22-20(26)15-24)14-25(23-21)18-7-3-2-4-8-18/h2-9,12,14H,10-11,13,15H2,1H3,(H,22,26). The van der Waals surface area contributed by atoms with Crippen LogP contribution in [0.5, 0.6) is 5.75 Å². The molecule has 0 spiro atoms. The summed E-state index contributed by atoms with van der Waals surface area (Å²) < 4.78 is 7.27. The third-order valence-corrected chi connectivity index (χ3v) is 4.67. The number of amides is 1. The number of benzene rings is 2. The Labute approximate surface area is 158 Å². The smallest absolute Gasteiger partial charge is 0.234 e. The SMILES string of the molecule is COc1cccc(-c2nn(-c3ccccc3)cc2CN2CCNC(=O)C2)c1. The van der Waals surface area contributed by atoms with Gasteiger partial charge in [-0.15, -0.1) is 0 Å².